The molecule has 0 fully saturated rings. The first kappa shape index (κ1) is 14.6. The number of aliphatic hydroxyl groups excluding tert-OH is 1. The SMILES string of the molecule is CCn1c(=O)c2c(nc3n(CCO)c(C)c(C)n23)n(C)c1=O. The van der Waals surface area contributed by atoms with Crippen LogP contribution in [0.3, 0.4) is 0 Å². The Kier molecular flexibility index (Phi) is 3.21. The number of aromatic nitrogens is 5. The number of imidazole rings is 2. The van der Waals surface area contributed by atoms with Crippen LogP contribution in [0.5, 0.6) is 0 Å². The number of aryl methyl sites for hydroxylation is 2. The van der Waals surface area contributed by atoms with Gasteiger partial charge >= 0.3 is 5.69 Å². The number of rotatable bonds is 3. The lowest BCUT2D eigenvalue weighted by atomic mass is 10.3. The highest BCUT2D eigenvalue weighted by Gasteiger charge is 2.21. The van der Waals surface area contributed by atoms with Crippen molar-refractivity contribution in [2.75, 3.05) is 6.61 Å². The van der Waals surface area contributed by atoms with Gasteiger partial charge in [-0.05, 0) is 20.8 Å². The lowest BCUT2D eigenvalue weighted by Crippen LogP contribution is -2.38. The third-order valence-corrected chi connectivity index (χ3v) is 4.27. The van der Waals surface area contributed by atoms with Crippen LogP contribution < -0.4 is 11.2 Å². The normalized spacial score (nSPS) is 11.9. The van der Waals surface area contributed by atoms with Crippen molar-refractivity contribution in [3.63, 3.8) is 0 Å². The third kappa shape index (κ3) is 1.64. The molecular weight excluding hydrogens is 286 g/mol. The summed E-state index contributed by atoms with van der Waals surface area (Å²) in [6.45, 7) is 6.27. The number of fused-ring (bicyclic) bond motifs is 3. The molecule has 0 aromatic carbocycles. The van der Waals surface area contributed by atoms with Crippen molar-refractivity contribution in [2.45, 2.75) is 33.9 Å². The van der Waals surface area contributed by atoms with Gasteiger partial charge in [0.05, 0.1) is 6.61 Å². The molecule has 22 heavy (non-hydrogen) atoms. The van der Waals surface area contributed by atoms with Crippen LogP contribution in [0.15, 0.2) is 9.59 Å². The maximum atomic E-state index is 12.7. The van der Waals surface area contributed by atoms with Crippen molar-refractivity contribution in [1.82, 2.24) is 23.1 Å². The predicted octanol–water partition coefficient (Wildman–Crippen LogP) is -0.222. The molecule has 8 nitrogen and oxygen atoms in total. The second kappa shape index (κ2) is 4.84. The van der Waals surface area contributed by atoms with Gasteiger partial charge < -0.3 is 9.67 Å². The van der Waals surface area contributed by atoms with E-state index in [-0.39, 0.29) is 17.9 Å². The summed E-state index contributed by atoms with van der Waals surface area (Å²) in [7, 11) is 1.61. The van der Waals surface area contributed by atoms with E-state index in [4.69, 9.17) is 0 Å². The summed E-state index contributed by atoms with van der Waals surface area (Å²) < 4.78 is 6.23. The third-order valence-electron chi connectivity index (χ3n) is 4.27. The van der Waals surface area contributed by atoms with Crippen molar-refractivity contribution in [1.29, 1.82) is 0 Å². The molecule has 3 rings (SSSR count). The minimum absolute atomic E-state index is 0.0219. The topological polar surface area (TPSA) is 86.5 Å². The Morgan fingerprint density at radius 1 is 1.14 bits per heavy atom. The Bertz CT molecular complexity index is 1000. The fourth-order valence-electron chi connectivity index (χ4n) is 2.96. The van der Waals surface area contributed by atoms with E-state index in [0.29, 0.717) is 30.0 Å². The van der Waals surface area contributed by atoms with E-state index in [1.807, 2.05) is 18.4 Å². The molecule has 3 aromatic rings. The molecule has 0 amide bonds. The average Bonchev–Trinajstić information content (AvgIpc) is 2.98. The van der Waals surface area contributed by atoms with Gasteiger partial charge in [-0.2, -0.15) is 4.98 Å². The van der Waals surface area contributed by atoms with Crippen LogP contribution >= 0.6 is 0 Å². The minimum atomic E-state index is -0.371. The van der Waals surface area contributed by atoms with E-state index in [2.05, 4.69) is 4.98 Å². The first-order valence-corrected chi connectivity index (χ1v) is 7.22. The summed E-state index contributed by atoms with van der Waals surface area (Å²) in [5.74, 6) is 0.569. The van der Waals surface area contributed by atoms with Gasteiger partial charge in [0.15, 0.2) is 11.2 Å². The molecule has 0 radical (unpaired) electrons. The van der Waals surface area contributed by atoms with E-state index >= 15 is 0 Å². The zero-order chi connectivity index (χ0) is 16.2. The molecule has 8 heteroatoms. The average molecular weight is 305 g/mol. The summed E-state index contributed by atoms with van der Waals surface area (Å²) in [6, 6.07) is 0. The lowest BCUT2D eigenvalue weighted by Gasteiger charge is -2.06. The molecule has 0 bridgehead atoms. The molecule has 118 valence electrons. The number of nitrogens with zero attached hydrogens (tertiary/aromatic N) is 5. The van der Waals surface area contributed by atoms with Gasteiger partial charge in [-0.15, -0.1) is 0 Å². The van der Waals surface area contributed by atoms with E-state index < -0.39 is 0 Å². The maximum absolute atomic E-state index is 12.7. The Balaban J connectivity index is 2.62. The quantitative estimate of drug-likeness (QED) is 0.725. The second-order valence-electron chi connectivity index (χ2n) is 5.36. The predicted molar refractivity (Wildman–Crippen MR) is 82.4 cm³/mol. The maximum Gasteiger partial charge on any atom is 0.332 e. The number of hydrogen-bond donors (Lipinski definition) is 1. The van der Waals surface area contributed by atoms with Gasteiger partial charge in [-0.25, -0.2) is 4.79 Å². The molecule has 0 unspecified atom stereocenters. The fraction of sp³-hybridized carbons (Fsp3) is 0.500. The van der Waals surface area contributed by atoms with E-state index in [1.165, 1.54) is 9.13 Å². The van der Waals surface area contributed by atoms with Gasteiger partial charge in [-0.3, -0.25) is 18.3 Å². The van der Waals surface area contributed by atoms with E-state index in [1.54, 1.807) is 18.4 Å². The highest BCUT2D eigenvalue weighted by atomic mass is 16.3. The monoisotopic (exact) mass is 305 g/mol. The van der Waals surface area contributed by atoms with Crippen LogP contribution in [0.1, 0.15) is 18.3 Å². The molecule has 0 aliphatic heterocycles. The van der Waals surface area contributed by atoms with Crippen LogP contribution in [0, 0.1) is 13.8 Å². The Hall–Kier alpha value is -2.35. The minimum Gasteiger partial charge on any atom is -0.395 e. The van der Waals surface area contributed by atoms with Crippen LogP contribution in [0.4, 0.5) is 0 Å². The highest BCUT2D eigenvalue weighted by molar-refractivity contribution is 5.76. The van der Waals surface area contributed by atoms with E-state index in [0.717, 1.165) is 11.4 Å². The molecule has 0 saturated carbocycles. The zero-order valence-corrected chi connectivity index (χ0v) is 13.1. The van der Waals surface area contributed by atoms with Gasteiger partial charge in [0.25, 0.3) is 5.56 Å². The Morgan fingerprint density at radius 2 is 1.82 bits per heavy atom. The largest absolute Gasteiger partial charge is 0.395 e. The molecule has 1 N–H and O–H groups in total. The van der Waals surface area contributed by atoms with Gasteiger partial charge in [0.2, 0.25) is 5.78 Å². The van der Waals surface area contributed by atoms with Crippen molar-refractivity contribution in [3.05, 3.63) is 32.2 Å². The number of hydrogen-bond acceptors (Lipinski definition) is 4. The van der Waals surface area contributed by atoms with Gasteiger partial charge in [-0.1, -0.05) is 0 Å². The molecule has 0 aliphatic carbocycles. The lowest BCUT2D eigenvalue weighted by molar-refractivity contribution is 0.276. The van der Waals surface area contributed by atoms with E-state index in [9.17, 15) is 14.7 Å². The first-order chi connectivity index (χ1) is 10.4. The molecular formula is C14H19N5O3. The summed E-state index contributed by atoms with van der Waals surface area (Å²) in [4.78, 5) is 29.4. The van der Waals surface area contributed by atoms with Gasteiger partial charge in [0, 0.05) is 31.5 Å². The smallest absolute Gasteiger partial charge is 0.332 e. The zero-order valence-electron chi connectivity index (χ0n) is 13.1. The van der Waals surface area contributed by atoms with Crippen molar-refractivity contribution < 1.29 is 5.11 Å². The van der Waals surface area contributed by atoms with Crippen LogP contribution in [-0.2, 0) is 20.1 Å². The second-order valence-corrected chi connectivity index (χ2v) is 5.36. The van der Waals surface area contributed by atoms with Crippen LogP contribution in [-0.4, -0.2) is 34.8 Å². The Morgan fingerprint density at radius 3 is 2.41 bits per heavy atom. The highest BCUT2D eigenvalue weighted by Crippen LogP contribution is 2.20. The first-order valence-electron chi connectivity index (χ1n) is 7.22. The number of aliphatic hydroxyl groups is 1. The summed E-state index contributed by atoms with van der Waals surface area (Å²) in [5.41, 5.74) is 1.88. The molecule has 0 saturated heterocycles. The molecule has 0 atom stereocenters. The fourth-order valence-corrected chi connectivity index (χ4v) is 2.96. The standard InChI is InChI=1S/C14H19N5O3/c1-5-17-12(21)10-11(16(4)14(17)22)15-13-18(6-7-20)8(2)9(3)19(10)13/h20H,5-7H2,1-4H3. The van der Waals surface area contributed by atoms with Crippen molar-refractivity contribution >= 4 is 16.9 Å². The van der Waals surface area contributed by atoms with Crippen LogP contribution in [0.2, 0.25) is 0 Å². The summed E-state index contributed by atoms with van der Waals surface area (Å²) in [6.07, 6.45) is 0. The molecule has 0 spiro atoms. The van der Waals surface area contributed by atoms with Crippen molar-refractivity contribution in [3.8, 4) is 0 Å². The van der Waals surface area contributed by atoms with Gasteiger partial charge in [0.1, 0.15) is 0 Å². The molecule has 3 aromatic heterocycles. The molecule has 3 heterocycles. The Labute approximate surface area is 125 Å². The summed E-state index contributed by atoms with van der Waals surface area (Å²) in [5, 5.41) is 9.24. The van der Waals surface area contributed by atoms with Crippen molar-refractivity contribution in [2.24, 2.45) is 7.05 Å². The molecule has 0 aliphatic rings. The van der Waals surface area contributed by atoms with Crippen LogP contribution in [0.25, 0.3) is 16.9 Å². The summed E-state index contributed by atoms with van der Waals surface area (Å²) >= 11 is 0.